The van der Waals surface area contributed by atoms with E-state index in [9.17, 15) is 40.8 Å². The van der Waals surface area contributed by atoms with Crippen LogP contribution in [0.15, 0.2) is 61.2 Å². The second-order valence-corrected chi connectivity index (χ2v) is 20.1. The molecule has 0 bridgehead atoms. The van der Waals surface area contributed by atoms with Gasteiger partial charge >= 0.3 is 6.18 Å². The van der Waals surface area contributed by atoms with Crippen molar-refractivity contribution in [1.29, 1.82) is 0 Å². The number of ether oxygens (including phenoxy) is 2. The summed E-state index contributed by atoms with van der Waals surface area (Å²) < 4.78 is 80.5. The Bertz CT molecular complexity index is 2360. The molecular formula is C45H54F3N5O8S. The minimum absolute atomic E-state index is 0.0379. The molecule has 4 amide bonds. The average molecular weight is 882 g/mol. The summed E-state index contributed by atoms with van der Waals surface area (Å²) in [6, 6.07) is 13.7. The molecule has 4 aliphatic rings. The van der Waals surface area contributed by atoms with Crippen LogP contribution in [0.4, 0.5) is 13.2 Å². The first-order valence-electron chi connectivity index (χ1n) is 21.0. The number of pyridine rings is 1. The number of amides is 4. The van der Waals surface area contributed by atoms with Crippen LogP contribution in [0, 0.1) is 30.1 Å². The second-order valence-electron chi connectivity index (χ2n) is 18.1. The third-order valence-electron chi connectivity index (χ3n) is 12.9. The Morgan fingerprint density at radius 1 is 1.02 bits per heavy atom. The molecule has 334 valence electrons. The lowest BCUT2D eigenvalue weighted by atomic mass is 9.77. The number of sulfonamides is 1. The quantitative estimate of drug-likeness (QED) is 0.194. The van der Waals surface area contributed by atoms with Gasteiger partial charge in [0.15, 0.2) is 0 Å². The number of methoxy groups -OCH3 is 1. The topological polar surface area (TPSA) is 164 Å². The number of nitrogens with zero attached hydrogens (tertiary/aromatic N) is 3. The fraction of sp³-hybridized carbons (Fsp3) is 0.533. The molecule has 3 heterocycles. The van der Waals surface area contributed by atoms with Crippen molar-refractivity contribution in [3.05, 3.63) is 66.7 Å². The van der Waals surface area contributed by atoms with Crippen LogP contribution in [0.1, 0.15) is 71.3 Å². The Balaban J connectivity index is 1.21. The van der Waals surface area contributed by atoms with Gasteiger partial charge in [0.25, 0.3) is 5.91 Å². The van der Waals surface area contributed by atoms with Gasteiger partial charge in [0, 0.05) is 54.4 Å². The third kappa shape index (κ3) is 9.13. The molecule has 2 aromatic carbocycles. The number of fused-ring (bicyclic) bond motifs is 1. The normalized spacial score (nSPS) is 23.7. The Morgan fingerprint density at radius 2 is 1.69 bits per heavy atom. The molecule has 7 rings (SSSR count). The first-order valence-corrected chi connectivity index (χ1v) is 22.6. The molecule has 3 aromatic rings. The predicted octanol–water partition coefficient (Wildman–Crippen LogP) is 6.09. The summed E-state index contributed by atoms with van der Waals surface area (Å²) in [7, 11) is -2.40. The van der Waals surface area contributed by atoms with Crippen LogP contribution in [0.25, 0.3) is 22.2 Å². The van der Waals surface area contributed by atoms with Crippen LogP contribution >= 0.6 is 0 Å². The zero-order valence-electron chi connectivity index (χ0n) is 35.6. The number of aromatic nitrogens is 1. The van der Waals surface area contributed by atoms with E-state index >= 15 is 0 Å². The zero-order valence-corrected chi connectivity index (χ0v) is 36.4. The number of hydrogen-bond acceptors (Lipinski definition) is 9. The Hall–Kier alpha value is -5.19. The maximum absolute atomic E-state index is 15.0. The van der Waals surface area contributed by atoms with Crippen molar-refractivity contribution < 1.29 is 50.2 Å². The van der Waals surface area contributed by atoms with E-state index in [2.05, 4.69) is 16.6 Å². The number of rotatable bonds is 13. The highest BCUT2D eigenvalue weighted by molar-refractivity contribution is 7.91. The summed E-state index contributed by atoms with van der Waals surface area (Å²) in [5.74, 6) is -4.67. The number of likely N-dealkylation sites (tertiary alicyclic amines) is 2. The molecule has 2 N–H and O–H groups in total. The molecule has 4 fully saturated rings. The van der Waals surface area contributed by atoms with Crippen molar-refractivity contribution >= 4 is 44.6 Å². The lowest BCUT2D eigenvalue weighted by molar-refractivity contribution is -0.186. The second kappa shape index (κ2) is 16.8. The summed E-state index contributed by atoms with van der Waals surface area (Å²) in [5.41, 5.74) is 0.331. The molecule has 5 atom stereocenters. The van der Waals surface area contributed by atoms with Crippen molar-refractivity contribution in [3.63, 3.8) is 0 Å². The monoisotopic (exact) mass is 881 g/mol. The Kier molecular flexibility index (Phi) is 12.2. The summed E-state index contributed by atoms with van der Waals surface area (Å²) in [5, 5.41) is 2.77. The molecule has 2 aliphatic carbocycles. The summed E-state index contributed by atoms with van der Waals surface area (Å²) >= 11 is 0. The summed E-state index contributed by atoms with van der Waals surface area (Å²) in [4.78, 5) is 64.7. The maximum atomic E-state index is 15.0. The summed E-state index contributed by atoms with van der Waals surface area (Å²) in [6.07, 6.45) is -3.57. The number of halogens is 3. The fourth-order valence-corrected chi connectivity index (χ4v) is 10.1. The van der Waals surface area contributed by atoms with Gasteiger partial charge in [0.05, 0.1) is 42.0 Å². The van der Waals surface area contributed by atoms with Gasteiger partial charge in [-0.15, -0.1) is 6.58 Å². The first-order chi connectivity index (χ1) is 29.2. The molecular weight excluding hydrogens is 828 g/mol. The highest BCUT2D eigenvalue weighted by Crippen LogP contribution is 2.46. The van der Waals surface area contributed by atoms with Gasteiger partial charge < -0.3 is 24.6 Å². The van der Waals surface area contributed by atoms with Crippen molar-refractivity contribution in [2.75, 3.05) is 26.7 Å². The molecule has 62 heavy (non-hydrogen) atoms. The summed E-state index contributed by atoms with van der Waals surface area (Å²) in [6.45, 7) is 10.7. The van der Waals surface area contributed by atoms with Crippen molar-refractivity contribution in [2.45, 2.75) is 102 Å². The Labute approximate surface area is 359 Å². The van der Waals surface area contributed by atoms with Crippen LogP contribution in [-0.2, 0) is 29.2 Å². The number of hydrogen-bond donors (Lipinski definition) is 2. The molecule has 1 aromatic heterocycles. The van der Waals surface area contributed by atoms with Gasteiger partial charge in [-0.2, -0.15) is 13.2 Å². The molecule has 0 unspecified atom stereocenters. The smallest absolute Gasteiger partial charge is 0.391 e. The van der Waals surface area contributed by atoms with E-state index in [4.69, 9.17) is 14.5 Å². The zero-order chi connectivity index (χ0) is 44.9. The molecule has 2 saturated carbocycles. The van der Waals surface area contributed by atoms with Crippen molar-refractivity contribution in [3.8, 4) is 22.8 Å². The molecule has 2 saturated heterocycles. The van der Waals surface area contributed by atoms with E-state index in [-0.39, 0.29) is 51.7 Å². The third-order valence-corrected chi connectivity index (χ3v) is 14.7. The minimum Gasteiger partial charge on any atom is -0.496 e. The van der Waals surface area contributed by atoms with Crippen LogP contribution in [0.3, 0.4) is 0 Å². The molecule has 0 radical (unpaired) electrons. The standard InChI is InChI=1S/C45H54F3N5O8S/c1-7-28-24-44(28,42(57)51-62(58,59)31-13-14-31)50-40(55)35-21-30(61-37-23-34(27-11-9-8-10-12-27)49-39-26(2)36(60-6)16-15-32(37)39)25-53(35)41(56)33(43(3,4)5)22-38(54)52-19-17-29(18-20-52)45(46,47)48/h7-12,15-16,23,28-31,33,35H,1,13-14,17-22,24-25H2,2-6H3,(H,50,55)(H,51,57)/t28-,30-,33-,35+,44-/m1/s1. The van der Waals surface area contributed by atoms with Crippen molar-refractivity contribution in [2.24, 2.45) is 23.2 Å². The van der Waals surface area contributed by atoms with Gasteiger partial charge in [-0.1, -0.05) is 57.2 Å². The molecule has 0 spiro atoms. The van der Waals surface area contributed by atoms with Gasteiger partial charge in [0.2, 0.25) is 27.7 Å². The van der Waals surface area contributed by atoms with Gasteiger partial charge in [-0.25, -0.2) is 13.4 Å². The van der Waals surface area contributed by atoms with E-state index in [0.717, 1.165) is 11.1 Å². The molecule has 13 nitrogen and oxygen atoms in total. The number of benzene rings is 2. The van der Waals surface area contributed by atoms with E-state index in [1.54, 1.807) is 40.0 Å². The number of nitrogens with one attached hydrogen (secondary N) is 2. The predicted molar refractivity (Wildman–Crippen MR) is 225 cm³/mol. The van der Waals surface area contributed by atoms with Gasteiger partial charge in [-0.3, -0.25) is 23.9 Å². The first kappa shape index (κ1) is 44.9. The van der Waals surface area contributed by atoms with Gasteiger partial charge in [0.1, 0.15) is 29.2 Å². The maximum Gasteiger partial charge on any atom is 0.391 e. The number of aryl methyl sites for hydroxylation is 1. The SMILES string of the molecule is C=C[C@@H]1C[C@]1(NC(=O)[C@@H]1C[C@@H](Oc2cc(-c3ccccc3)nc3c(C)c(OC)ccc23)CN1C(=O)[C@@H](CC(=O)N1CCC(C(F)(F)F)CC1)C(C)(C)C)C(=O)NS(=O)(=O)C1CC1. The van der Waals surface area contributed by atoms with E-state index < -0.39 is 85.9 Å². The van der Waals surface area contributed by atoms with Crippen LogP contribution in [0.2, 0.25) is 0 Å². The van der Waals surface area contributed by atoms with E-state index in [1.807, 2.05) is 43.3 Å². The van der Waals surface area contributed by atoms with Gasteiger partial charge in [-0.05, 0) is 56.6 Å². The number of carbonyl (C=O) groups is 4. The lowest BCUT2D eigenvalue weighted by Crippen LogP contribution is -2.57. The lowest BCUT2D eigenvalue weighted by Gasteiger charge is -2.37. The van der Waals surface area contributed by atoms with Crippen LogP contribution in [-0.4, -0.2) is 103 Å². The molecule has 2 aliphatic heterocycles. The fourth-order valence-electron chi connectivity index (χ4n) is 8.75. The van der Waals surface area contributed by atoms with Crippen LogP contribution < -0.4 is 19.5 Å². The minimum atomic E-state index is -4.36. The van der Waals surface area contributed by atoms with E-state index in [1.165, 1.54) is 15.9 Å². The Morgan fingerprint density at radius 3 is 2.27 bits per heavy atom. The van der Waals surface area contributed by atoms with Crippen molar-refractivity contribution in [1.82, 2.24) is 24.8 Å². The number of piperidine rings is 1. The average Bonchev–Trinajstić information content (AvgIpc) is 4.16. The van der Waals surface area contributed by atoms with Crippen LogP contribution in [0.5, 0.6) is 11.5 Å². The largest absolute Gasteiger partial charge is 0.496 e. The highest BCUT2D eigenvalue weighted by atomic mass is 32.2. The number of alkyl halides is 3. The highest BCUT2D eigenvalue weighted by Gasteiger charge is 2.62. The van der Waals surface area contributed by atoms with E-state index in [0.29, 0.717) is 40.9 Å². The number of carbonyl (C=O) groups excluding carboxylic acids is 4. The molecule has 17 heteroatoms.